The van der Waals surface area contributed by atoms with Gasteiger partial charge < -0.3 is 39.4 Å². The molecule has 0 amide bonds. The first kappa shape index (κ1) is 25.7. The summed E-state index contributed by atoms with van der Waals surface area (Å²) in [5.41, 5.74) is 0. The van der Waals surface area contributed by atoms with Crippen LogP contribution in [0.5, 0.6) is 0 Å². The summed E-state index contributed by atoms with van der Waals surface area (Å²) in [6, 6.07) is 0. The number of ether oxygens (including phenoxy) is 4. The maximum absolute atomic E-state index is 11.0. The molecule has 2 heterocycles. The Balaban J connectivity index is 2.19. The third kappa shape index (κ3) is 6.02. The summed E-state index contributed by atoms with van der Waals surface area (Å²) >= 11 is 0. The van der Waals surface area contributed by atoms with Crippen molar-refractivity contribution in [2.45, 2.75) is 62.2 Å². The minimum absolute atomic E-state index is 0.499. The molecule has 2 aliphatic heterocycles. The van der Waals surface area contributed by atoms with Crippen LogP contribution in [-0.2, 0) is 43.5 Å². The molecule has 10 atom stereocenters. The zero-order chi connectivity index (χ0) is 22.6. The molecule has 0 aliphatic carbocycles. The number of hydrogen-bond donors (Lipinski definition) is 6. The predicted molar refractivity (Wildman–Crippen MR) is 89.6 cm³/mol. The van der Waals surface area contributed by atoms with Crippen LogP contribution in [0.1, 0.15) is 6.92 Å². The van der Waals surface area contributed by atoms with Gasteiger partial charge in [-0.05, 0) is 0 Å². The first-order valence-electron chi connectivity index (χ1n) is 8.77. The van der Waals surface area contributed by atoms with Crippen molar-refractivity contribution in [3.63, 3.8) is 0 Å². The van der Waals surface area contributed by atoms with Crippen LogP contribution in [0.4, 0.5) is 0 Å². The monoisotopic (exact) mass is 466 g/mol. The van der Waals surface area contributed by atoms with Gasteiger partial charge >= 0.3 is 10.4 Å². The summed E-state index contributed by atoms with van der Waals surface area (Å²) in [5.74, 6) is -1.03. The number of aliphatic hydroxyl groups excluding tert-OH is 4. The van der Waals surface area contributed by atoms with E-state index >= 15 is 0 Å². The minimum atomic E-state index is -4.92. The van der Waals surface area contributed by atoms with Gasteiger partial charge in [-0.1, -0.05) is 12.0 Å². The summed E-state index contributed by atoms with van der Waals surface area (Å²) in [4.78, 5) is 4.38. The minimum Gasteiger partial charge on any atom is -0.394 e. The van der Waals surface area contributed by atoms with E-state index in [4.69, 9.17) is 28.8 Å². The van der Waals surface area contributed by atoms with Gasteiger partial charge in [0.15, 0.2) is 12.6 Å². The topological polar surface area (TPSA) is 220 Å². The smallest absolute Gasteiger partial charge is 0.394 e. The highest BCUT2D eigenvalue weighted by Crippen LogP contribution is 2.33. The standard InChI is InChI=1S/C14H26O15S/c1-5-8(16)14(25-6(3-15)11(5)28-30(20,21)22)27-12-7(4-24-29-19)26-13(23-2)10(18)9(12)17/h5-19H,3-4H2,1-2H3,(H,20,21,22)/t5-,6?,7?,8?,9-,10?,11-,12+,13-,14+/m1/s1. The fraction of sp³-hybridized carbons (Fsp3) is 1.00. The van der Waals surface area contributed by atoms with Crippen molar-refractivity contribution in [2.24, 2.45) is 5.92 Å². The predicted octanol–water partition coefficient (Wildman–Crippen LogP) is -3.21. The van der Waals surface area contributed by atoms with E-state index in [1.165, 1.54) is 14.0 Å². The van der Waals surface area contributed by atoms with Crippen molar-refractivity contribution in [3.05, 3.63) is 0 Å². The van der Waals surface area contributed by atoms with Crippen LogP contribution in [0.15, 0.2) is 0 Å². The molecule has 0 aromatic carbocycles. The van der Waals surface area contributed by atoms with Gasteiger partial charge in [-0.2, -0.15) is 8.42 Å². The van der Waals surface area contributed by atoms with Crippen LogP contribution < -0.4 is 0 Å². The molecule has 178 valence electrons. The summed E-state index contributed by atoms with van der Waals surface area (Å²) in [6.07, 6.45) is -13.0. The van der Waals surface area contributed by atoms with Crippen LogP contribution in [0.3, 0.4) is 0 Å². The van der Waals surface area contributed by atoms with Crippen molar-refractivity contribution in [3.8, 4) is 0 Å². The van der Waals surface area contributed by atoms with Crippen molar-refractivity contribution in [2.75, 3.05) is 20.3 Å². The largest absolute Gasteiger partial charge is 0.397 e. The Morgan fingerprint density at radius 2 is 1.60 bits per heavy atom. The third-order valence-electron chi connectivity index (χ3n) is 4.87. The first-order chi connectivity index (χ1) is 14.0. The molecule has 6 N–H and O–H groups in total. The van der Waals surface area contributed by atoms with Crippen LogP contribution in [0.2, 0.25) is 0 Å². The summed E-state index contributed by atoms with van der Waals surface area (Å²) in [5, 5.41) is 52.4. The molecular formula is C14H26O15S. The van der Waals surface area contributed by atoms with Crippen LogP contribution in [0.25, 0.3) is 0 Å². The molecule has 2 saturated heterocycles. The Morgan fingerprint density at radius 1 is 0.967 bits per heavy atom. The number of hydrogen-bond acceptors (Lipinski definition) is 14. The molecule has 30 heavy (non-hydrogen) atoms. The molecular weight excluding hydrogens is 440 g/mol. The van der Waals surface area contributed by atoms with Crippen LogP contribution in [0, 0.1) is 5.92 Å². The molecule has 0 aromatic rings. The van der Waals surface area contributed by atoms with Gasteiger partial charge in [0.2, 0.25) is 0 Å². The molecule has 0 aromatic heterocycles. The second kappa shape index (κ2) is 10.8. The molecule has 2 rings (SSSR count). The van der Waals surface area contributed by atoms with Gasteiger partial charge in [0.1, 0.15) is 49.3 Å². The van der Waals surface area contributed by atoms with Crippen LogP contribution in [-0.4, -0.2) is 114 Å². The summed E-state index contributed by atoms with van der Waals surface area (Å²) in [6.45, 7) is 0.0903. The second-order valence-corrected chi connectivity index (χ2v) is 7.83. The molecule has 15 nitrogen and oxygen atoms in total. The Kier molecular flexibility index (Phi) is 9.28. The Bertz CT molecular complexity index is 629. The molecule has 0 spiro atoms. The van der Waals surface area contributed by atoms with Gasteiger partial charge in [0.25, 0.3) is 0 Å². The number of methoxy groups -OCH3 is 1. The van der Waals surface area contributed by atoms with Gasteiger partial charge in [-0.3, -0.25) is 4.55 Å². The lowest BCUT2D eigenvalue weighted by Gasteiger charge is -2.46. The van der Waals surface area contributed by atoms with Crippen molar-refractivity contribution < 1.29 is 71.7 Å². The molecule has 4 unspecified atom stereocenters. The lowest BCUT2D eigenvalue weighted by atomic mass is 9.90. The van der Waals surface area contributed by atoms with Gasteiger partial charge in [-0.25, -0.2) is 14.3 Å². The molecule has 16 heteroatoms. The van der Waals surface area contributed by atoms with E-state index in [1.807, 2.05) is 0 Å². The molecule has 2 aliphatic rings. The highest BCUT2D eigenvalue weighted by Gasteiger charge is 2.51. The summed E-state index contributed by atoms with van der Waals surface area (Å²) in [7, 11) is -3.71. The van der Waals surface area contributed by atoms with E-state index in [0.717, 1.165) is 0 Å². The molecule has 0 radical (unpaired) electrons. The van der Waals surface area contributed by atoms with E-state index in [0.29, 0.717) is 0 Å². The Hall–Kier alpha value is -0.570. The normalized spacial score (nSPS) is 42.9. The number of rotatable bonds is 9. The Labute approximate surface area is 171 Å². The molecule has 2 fully saturated rings. The maximum atomic E-state index is 11.0. The fourth-order valence-electron chi connectivity index (χ4n) is 3.32. The number of aliphatic hydroxyl groups is 4. The third-order valence-corrected chi connectivity index (χ3v) is 5.34. The molecule has 0 bridgehead atoms. The zero-order valence-corrected chi connectivity index (χ0v) is 16.8. The quantitative estimate of drug-likeness (QED) is 0.112. The Morgan fingerprint density at radius 3 is 2.13 bits per heavy atom. The SMILES string of the molecule is CO[C@@H]1OC(COOO)[C@H](O[C@@H]2OC(CO)[C@H](OS(=O)(=O)O)[C@H](C)C2O)[C@H](O)C1O. The lowest BCUT2D eigenvalue weighted by molar-refractivity contribution is -0.499. The average Bonchev–Trinajstić information content (AvgIpc) is 2.69. The van der Waals surface area contributed by atoms with Gasteiger partial charge in [-0.15, -0.1) is 0 Å². The van der Waals surface area contributed by atoms with E-state index in [9.17, 15) is 28.8 Å². The average molecular weight is 466 g/mol. The van der Waals surface area contributed by atoms with E-state index in [1.54, 1.807) is 0 Å². The van der Waals surface area contributed by atoms with Crippen LogP contribution >= 0.6 is 0 Å². The lowest BCUT2D eigenvalue weighted by Crippen LogP contribution is -2.63. The second-order valence-electron chi connectivity index (χ2n) is 6.78. The fourth-order valence-corrected chi connectivity index (χ4v) is 3.90. The summed E-state index contributed by atoms with van der Waals surface area (Å²) < 4.78 is 56.6. The first-order valence-corrected chi connectivity index (χ1v) is 10.1. The highest BCUT2D eigenvalue weighted by atomic mass is 32.3. The van der Waals surface area contributed by atoms with Crippen molar-refractivity contribution in [1.82, 2.24) is 0 Å². The van der Waals surface area contributed by atoms with E-state index in [-0.39, 0.29) is 0 Å². The van der Waals surface area contributed by atoms with Gasteiger partial charge in [0.05, 0.1) is 6.61 Å². The zero-order valence-electron chi connectivity index (χ0n) is 16.0. The van der Waals surface area contributed by atoms with E-state index in [2.05, 4.69) is 14.1 Å². The van der Waals surface area contributed by atoms with Gasteiger partial charge in [0, 0.05) is 13.0 Å². The maximum Gasteiger partial charge on any atom is 0.397 e. The highest BCUT2D eigenvalue weighted by molar-refractivity contribution is 7.80. The van der Waals surface area contributed by atoms with Crippen molar-refractivity contribution >= 4 is 10.4 Å². The molecule has 0 saturated carbocycles. The van der Waals surface area contributed by atoms with E-state index < -0.39 is 84.8 Å². The van der Waals surface area contributed by atoms with Crippen molar-refractivity contribution in [1.29, 1.82) is 0 Å².